The Hall–Kier alpha value is -1.68. The highest BCUT2D eigenvalue weighted by atomic mass is 35.5. The number of nitrogens with one attached hydrogen (secondary N) is 2. The molecule has 0 unspecified atom stereocenters. The van der Waals surface area contributed by atoms with Crippen LogP contribution in [0.2, 0.25) is 0 Å². The van der Waals surface area contributed by atoms with Crippen LogP contribution in [0.15, 0.2) is 24.4 Å². The molecule has 0 aliphatic carbocycles. The number of H-pyrrole nitrogens is 1. The van der Waals surface area contributed by atoms with Gasteiger partial charge in [0, 0.05) is 36.3 Å². The summed E-state index contributed by atoms with van der Waals surface area (Å²) in [7, 11) is 0. The second kappa shape index (κ2) is 5.59. The maximum Gasteiger partial charge on any atom is 0.216 e. The fourth-order valence-electron chi connectivity index (χ4n) is 1.78. The first-order valence-electron chi connectivity index (χ1n) is 5.27. The third kappa shape index (κ3) is 3.14. The summed E-state index contributed by atoms with van der Waals surface area (Å²) in [6.07, 6.45) is 2.77. The lowest BCUT2D eigenvalue weighted by Gasteiger charge is -2.01. The molecule has 1 aromatic carbocycles. The van der Waals surface area contributed by atoms with Crippen LogP contribution in [-0.4, -0.2) is 17.4 Å². The van der Waals surface area contributed by atoms with Crippen LogP contribution in [0.3, 0.4) is 0 Å². The van der Waals surface area contributed by atoms with E-state index in [4.69, 9.17) is 5.73 Å². The molecule has 0 atom stereocenters. The summed E-state index contributed by atoms with van der Waals surface area (Å²) in [4.78, 5) is 13.9. The number of fused-ring (bicyclic) bond motifs is 1. The lowest BCUT2D eigenvalue weighted by molar-refractivity contribution is -0.118. The highest BCUT2D eigenvalue weighted by molar-refractivity contribution is 5.86. The van der Waals surface area contributed by atoms with Crippen LogP contribution in [0.5, 0.6) is 0 Å². The summed E-state index contributed by atoms with van der Waals surface area (Å²) in [5.74, 6) is -0.000597. The van der Waals surface area contributed by atoms with E-state index < -0.39 is 0 Å². The molecule has 0 aliphatic heterocycles. The number of halogens is 1. The Kier molecular flexibility index (Phi) is 4.40. The van der Waals surface area contributed by atoms with E-state index in [-0.39, 0.29) is 18.3 Å². The lowest BCUT2D eigenvalue weighted by atomic mass is 10.1. The molecule has 5 heteroatoms. The second-order valence-corrected chi connectivity index (χ2v) is 3.85. The molecule has 0 aliphatic rings. The van der Waals surface area contributed by atoms with Gasteiger partial charge in [-0.05, 0) is 30.2 Å². The molecule has 2 rings (SSSR count). The van der Waals surface area contributed by atoms with Crippen LogP contribution >= 0.6 is 12.4 Å². The van der Waals surface area contributed by atoms with Crippen molar-refractivity contribution in [2.45, 2.75) is 13.3 Å². The topological polar surface area (TPSA) is 70.9 Å². The van der Waals surface area contributed by atoms with Gasteiger partial charge >= 0.3 is 0 Å². The second-order valence-electron chi connectivity index (χ2n) is 3.85. The Balaban J connectivity index is 0.00000144. The first-order chi connectivity index (χ1) is 7.66. The molecule has 4 N–H and O–H groups in total. The van der Waals surface area contributed by atoms with Gasteiger partial charge in [0.2, 0.25) is 5.91 Å². The Morgan fingerprint density at radius 3 is 2.94 bits per heavy atom. The van der Waals surface area contributed by atoms with E-state index in [1.807, 2.05) is 24.4 Å². The number of benzene rings is 1. The summed E-state index contributed by atoms with van der Waals surface area (Å²) in [5, 5.41) is 3.91. The number of nitrogens with two attached hydrogens (primary N) is 1. The van der Waals surface area contributed by atoms with E-state index in [2.05, 4.69) is 10.3 Å². The number of anilines is 1. The van der Waals surface area contributed by atoms with Gasteiger partial charge in [0.1, 0.15) is 0 Å². The molecule has 0 saturated carbocycles. The molecule has 17 heavy (non-hydrogen) atoms. The molecule has 0 saturated heterocycles. The SMILES string of the molecule is CC(=O)NCCc1c[nH]c2ccc(N)cc12.Cl. The average molecular weight is 254 g/mol. The van der Waals surface area contributed by atoms with Crippen molar-refractivity contribution >= 4 is 34.9 Å². The van der Waals surface area contributed by atoms with Gasteiger partial charge in [-0.3, -0.25) is 4.79 Å². The molecule has 1 aromatic heterocycles. The van der Waals surface area contributed by atoms with Crippen LogP contribution in [0, 0.1) is 0 Å². The van der Waals surface area contributed by atoms with Crippen molar-refractivity contribution < 1.29 is 4.79 Å². The summed E-state index contributed by atoms with van der Waals surface area (Å²) in [5.41, 5.74) is 8.76. The van der Waals surface area contributed by atoms with Crippen molar-refractivity contribution in [1.82, 2.24) is 10.3 Å². The van der Waals surface area contributed by atoms with Crippen molar-refractivity contribution in [2.75, 3.05) is 12.3 Å². The molecular weight excluding hydrogens is 238 g/mol. The summed E-state index contributed by atoms with van der Waals surface area (Å²) < 4.78 is 0. The van der Waals surface area contributed by atoms with Gasteiger partial charge in [0.05, 0.1) is 0 Å². The molecule has 92 valence electrons. The zero-order valence-electron chi connectivity index (χ0n) is 9.62. The van der Waals surface area contributed by atoms with Crippen molar-refractivity contribution in [1.29, 1.82) is 0 Å². The minimum Gasteiger partial charge on any atom is -0.399 e. The van der Waals surface area contributed by atoms with Crippen LogP contribution in [0.25, 0.3) is 10.9 Å². The van der Waals surface area contributed by atoms with Crippen molar-refractivity contribution in [3.05, 3.63) is 30.0 Å². The molecule has 2 aromatic rings. The number of carbonyl (C=O) groups is 1. The summed E-state index contributed by atoms with van der Waals surface area (Å²) in [6, 6.07) is 5.79. The highest BCUT2D eigenvalue weighted by Crippen LogP contribution is 2.20. The van der Waals surface area contributed by atoms with E-state index in [1.165, 1.54) is 12.5 Å². The molecule has 4 nitrogen and oxygen atoms in total. The lowest BCUT2D eigenvalue weighted by Crippen LogP contribution is -2.22. The molecule has 1 heterocycles. The Morgan fingerprint density at radius 2 is 2.24 bits per heavy atom. The van der Waals surface area contributed by atoms with Gasteiger partial charge in [0.25, 0.3) is 0 Å². The maximum atomic E-state index is 10.8. The largest absolute Gasteiger partial charge is 0.399 e. The summed E-state index contributed by atoms with van der Waals surface area (Å²) >= 11 is 0. The van der Waals surface area contributed by atoms with Crippen LogP contribution in [0.1, 0.15) is 12.5 Å². The van der Waals surface area contributed by atoms with Gasteiger partial charge in [-0.25, -0.2) is 0 Å². The zero-order chi connectivity index (χ0) is 11.5. The fourth-order valence-corrected chi connectivity index (χ4v) is 1.78. The number of hydrogen-bond acceptors (Lipinski definition) is 2. The van der Waals surface area contributed by atoms with Gasteiger partial charge in [-0.15, -0.1) is 12.4 Å². The van der Waals surface area contributed by atoms with Crippen LogP contribution in [-0.2, 0) is 11.2 Å². The standard InChI is InChI=1S/C12H15N3O.ClH/c1-8(16)14-5-4-9-7-15-12-3-2-10(13)6-11(9)12;/h2-3,6-7,15H,4-5,13H2,1H3,(H,14,16);1H. The monoisotopic (exact) mass is 253 g/mol. The number of nitrogen functional groups attached to an aromatic ring is 1. The quantitative estimate of drug-likeness (QED) is 0.731. The number of hydrogen-bond donors (Lipinski definition) is 3. The van der Waals surface area contributed by atoms with Gasteiger partial charge in [0.15, 0.2) is 0 Å². The molecule has 1 amide bonds. The van der Waals surface area contributed by atoms with Gasteiger partial charge in [-0.2, -0.15) is 0 Å². The number of aromatic amines is 1. The van der Waals surface area contributed by atoms with E-state index in [0.717, 1.165) is 23.0 Å². The Labute approximate surface area is 106 Å². The third-order valence-corrected chi connectivity index (χ3v) is 2.56. The fraction of sp³-hybridized carbons (Fsp3) is 0.250. The van der Waals surface area contributed by atoms with E-state index in [0.29, 0.717) is 6.54 Å². The third-order valence-electron chi connectivity index (χ3n) is 2.56. The normalized spacial score (nSPS) is 9.94. The maximum absolute atomic E-state index is 10.8. The van der Waals surface area contributed by atoms with Gasteiger partial charge < -0.3 is 16.0 Å². The molecule has 0 spiro atoms. The first kappa shape index (κ1) is 13.4. The number of carbonyl (C=O) groups excluding carboxylic acids is 1. The number of rotatable bonds is 3. The van der Waals surface area contributed by atoms with Crippen molar-refractivity contribution in [3.8, 4) is 0 Å². The molecule has 0 fully saturated rings. The van der Waals surface area contributed by atoms with E-state index in [1.54, 1.807) is 0 Å². The number of amides is 1. The van der Waals surface area contributed by atoms with Crippen molar-refractivity contribution in [3.63, 3.8) is 0 Å². The van der Waals surface area contributed by atoms with E-state index >= 15 is 0 Å². The predicted molar refractivity (Wildman–Crippen MR) is 72.3 cm³/mol. The van der Waals surface area contributed by atoms with Crippen molar-refractivity contribution in [2.24, 2.45) is 0 Å². The molecule has 0 bridgehead atoms. The molecule has 0 radical (unpaired) electrons. The summed E-state index contributed by atoms with van der Waals surface area (Å²) in [6.45, 7) is 2.17. The highest BCUT2D eigenvalue weighted by Gasteiger charge is 2.03. The van der Waals surface area contributed by atoms with Gasteiger partial charge in [-0.1, -0.05) is 0 Å². The van der Waals surface area contributed by atoms with Crippen LogP contribution in [0.4, 0.5) is 5.69 Å². The minimum atomic E-state index is -0.000597. The molecular formula is C12H16ClN3O. The van der Waals surface area contributed by atoms with Crippen LogP contribution < -0.4 is 11.1 Å². The average Bonchev–Trinajstić information content (AvgIpc) is 2.60. The Morgan fingerprint density at radius 1 is 1.47 bits per heavy atom. The first-order valence-corrected chi connectivity index (χ1v) is 5.27. The van der Waals surface area contributed by atoms with E-state index in [9.17, 15) is 4.79 Å². The zero-order valence-corrected chi connectivity index (χ0v) is 10.4. The predicted octanol–water partition coefficient (Wildman–Crippen LogP) is 1.85. The number of aromatic nitrogens is 1. The minimum absolute atomic E-state index is 0. The Bertz CT molecular complexity index is 521. The smallest absolute Gasteiger partial charge is 0.216 e.